The summed E-state index contributed by atoms with van der Waals surface area (Å²) >= 11 is 0. The van der Waals surface area contributed by atoms with Gasteiger partial charge in [0, 0.05) is 43.9 Å². The maximum absolute atomic E-state index is 12.7. The highest BCUT2D eigenvalue weighted by Gasteiger charge is 2.25. The van der Waals surface area contributed by atoms with E-state index in [0.29, 0.717) is 37.6 Å². The molecule has 1 fully saturated rings. The van der Waals surface area contributed by atoms with Crippen molar-refractivity contribution in [2.24, 2.45) is 0 Å². The molecule has 1 saturated heterocycles. The van der Waals surface area contributed by atoms with Crippen molar-refractivity contribution in [2.45, 2.75) is 39.9 Å². The third kappa shape index (κ3) is 5.13. The summed E-state index contributed by atoms with van der Waals surface area (Å²) in [5, 5.41) is 0. The van der Waals surface area contributed by atoms with Gasteiger partial charge in [-0.05, 0) is 39.8 Å². The molecule has 0 aliphatic carbocycles. The van der Waals surface area contributed by atoms with Crippen molar-refractivity contribution in [3.63, 3.8) is 0 Å². The van der Waals surface area contributed by atoms with Gasteiger partial charge in [0.05, 0.1) is 23.6 Å². The molecular formula is C23H31N3O3. The Balaban J connectivity index is 1.79. The molecule has 0 atom stereocenters. The number of carbonyl (C=O) groups is 1. The average Bonchev–Trinajstić information content (AvgIpc) is 2.69. The van der Waals surface area contributed by atoms with Crippen LogP contribution in [-0.4, -0.2) is 49.2 Å². The number of ether oxygens (including phenoxy) is 2. The Kier molecular flexibility index (Phi) is 6.52. The van der Waals surface area contributed by atoms with E-state index in [4.69, 9.17) is 15.2 Å². The number of anilines is 2. The first-order valence-electron chi connectivity index (χ1n) is 10.2. The van der Waals surface area contributed by atoms with Crippen LogP contribution in [0.5, 0.6) is 11.5 Å². The van der Waals surface area contributed by atoms with Crippen LogP contribution in [-0.2, 0) is 0 Å². The number of benzene rings is 2. The van der Waals surface area contributed by atoms with Crippen LogP contribution in [0.15, 0.2) is 42.5 Å². The summed E-state index contributed by atoms with van der Waals surface area (Å²) in [6.45, 7) is 10.6. The van der Waals surface area contributed by atoms with E-state index >= 15 is 0 Å². The zero-order valence-electron chi connectivity index (χ0n) is 17.7. The fourth-order valence-electron chi connectivity index (χ4n) is 3.46. The van der Waals surface area contributed by atoms with Crippen LogP contribution in [0.2, 0.25) is 0 Å². The highest BCUT2D eigenvalue weighted by atomic mass is 16.5. The fraction of sp³-hybridized carbons (Fsp3) is 0.435. The number of amides is 1. The molecule has 2 aromatic carbocycles. The van der Waals surface area contributed by atoms with E-state index in [2.05, 4.69) is 4.90 Å². The van der Waals surface area contributed by atoms with Gasteiger partial charge < -0.3 is 25.0 Å². The van der Waals surface area contributed by atoms with Gasteiger partial charge in [-0.25, -0.2) is 0 Å². The summed E-state index contributed by atoms with van der Waals surface area (Å²) < 4.78 is 11.9. The molecule has 1 aliphatic heterocycles. The molecular weight excluding hydrogens is 366 g/mol. The SMILES string of the molecule is CC(C)Oc1cc(N)c(OC(C)C)c(N2CCN(C(=O)c3ccccc3)CC2)c1. The Labute approximate surface area is 173 Å². The second kappa shape index (κ2) is 9.07. The van der Waals surface area contributed by atoms with Gasteiger partial charge in [0.1, 0.15) is 5.75 Å². The minimum atomic E-state index is 0.00821. The first kappa shape index (κ1) is 20.8. The van der Waals surface area contributed by atoms with Gasteiger partial charge in [-0.15, -0.1) is 0 Å². The second-order valence-electron chi connectivity index (χ2n) is 7.84. The number of carbonyl (C=O) groups excluding carboxylic acids is 1. The molecule has 0 unspecified atom stereocenters. The molecule has 1 amide bonds. The molecule has 0 aromatic heterocycles. The Bertz CT molecular complexity index is 829. The molecule has 29 heavy (non-hydrogen) atoms. The molecule has 0 spiro atoms. The van der Waals surface area contributed by atoms with Gasteiger partial charge in [-0.2, -0.15) is 0 Å². The molecule has 3 rings (SSSR count). The lowest BCUT2D eigenvalue weighted by atomic mass is 10.1. The highest BCUT2D eigenvalue weighted by molar-refractivity contribution is 5.94. The molecule has 2 aromatic rings. The summed E-state index contributed by atoms with van der Waals surface area (Å²) in [7, 11) is 0. The van der Waals surface area contributed by atoms with Gasteiger partial charge in [-0.1, -0.05) is 18.2 Å². The molecule has 0 bridgehead atoms. The maximum Gasteiger partial charge on any atom is 0.253 e. The van der Waals surface area contributed by atoms with Crippen LogP contribution >= 0.6 is 0 Å². The van der Waals surface area contributed by atoms with Crippen LogP contribution in [0.1, 0.15) is 38.1 Å². The minimum Gasteiger partial charge on any atom is -0.491 e. The van der Waals surface area contributed by atoms with E-state index in [0.717, 1.165) is 17.0 Å². The number of rotatable bonds is 6. The first-order valence-corrected chi connectivity index (χ1v) is 10.2. The number of hydrogen-bond donors (Lipinski definition) is 1. The number of nitrogens with zero attached hydrogens (tertiary/aromatic N) is 2. The lowest BCUT2D eigenvalue weighted by Gasteiger charge is -2.37. The molecule has 1 aliphatic rings. The summed E-state index contributed by atoms with van der Waals surface area (Å²) in [6, 6.07) is 13.2. The molecule has 0 saturated carbocycles. The third-order valence-corrected chi connectivity index (χ3v) is 4.73. The molecule has 2 N–H and O–H groups in total. The summed E-state index contributed by atoms with van der Waals surface area (Å²) in [6.07, 6.45) is 0.0633. The Morgan fingerprint density at radius 2 is 1.55 bits per heavy atom. The summed E-state index contributed by atoms with van der Waals surface area (Å²) in [4.78, 5) is 16.8. The van der Waals surface area contributed by atoms with Crippen LogP contribution in [0.4, 0.5) is 11.4 Å². The van der Waals surface area contributed by atoms with Crippen LogP contribution in [0.3, 0.4) is 0 Å². The maximum atomic E-state index is 12.7. The Morgan fingerprint density at radius 1 is 0.931 bits per heavy atom. The van der Waals surface area contributed by atoms with Crippen LogP contribution in [0.25, 0.3) is 0 Å². The summed E-state index contributed by atoms with van der Waals surface area (Å²) in [5.74, 6) is 1.48. The molecule has 156 valence electrons. The van der Waals surface area contributed by atoms with Crippen molar-refractivity contribution in [1.29, 1.82) is 0 Å². The molecule has 6 heteroatoms. The molecule has 0 radical (unpaired) electrons. The predicted molar refractivity (Wildman–Crippen MR) is 117 cm³/mol. The number of nitrogen functional groups attached to an aromatic ring is 1. The smallest absolute Gasteiger partial charge is 0.253 e. The molecule has 6 nitrogen and oxygen atoms in total. The van der Waals surface area contributed by atoms with Crippen molar-refractivity contribution < 1.29 is 14.3 Å². The van der Waals surface area contributed by atoms with Gasteiger partial charge in [0.2, 0.25) is 0 Å². The normalized spacial score (nSPS) is 14.4. The van der Waals surface area contributed by atoms with E-state index < -0.39 is 0 Å². The Morgan fingerprint density at radius 3 is 2.14 bits per heavy atom. The van der Waals surface area contributed by atoms with E-state index in [1.54, 1.807) is 0 Å². The van der Waals surface area contributed by atoms with E-state index in [1.807, 2.05) is 75.1 Å². The third-order valence-electron chi connectivity index (χ3n) is 4.73. The second-order valence-corrected chi connectivity index (χ2v) is 7.84. The number of piperazine rings is 1. The van der Waals surface area contributed by atoms with E-state index in [1.165, 1.54) is 0 Å². The standard InChI is InChI=1S/C23H31N3O3/c1-16(2)28-19-14-20(24)22(29-17(3)4)21(15-19)25-10-12-26(13-11-25)23(27)18-8-6-5-7-9-18/h5-9,14-17H,10-13,24H2,1-4H3. The zero-order chi connectivity index (χ0) is 21.0. The van der Waals surface area contributed by atoms with Crippen LogP contribution < -0.4 is 20.1 Å². The van der Waals surface area contributed by atoms with Gasteiger partial charge in [0.25, 0.3) is 5.91 Å². The fourth-order valence-corrected chi connectivity index (χ4v) is 3.46. The Hall–Kier alpha value is -2.89. The highest BCUT2D eigenvalue weighted by Crippen LogP contribution is 2.40. The lowest BCUT2D eigenvalue weighted by molar-refractivity contribution is 0.0746. The van der Waals surface area contributed by atoms with Crippen molar-refractivity contribution >= 4 is 17.3 Å². The predicted octanol–water partition coefficient (Wildman–Crippen LogP) is 3.81. The number of hydrogen-bond acceptors (Lipinski definition) is 5. The van der Waals surface area contributed by atoms with Crippen molar-refractivity contribution in [2.75, 3.05) is 36.8 Å². The van der Waals surface area contributed by atoms with Crippen LogP contribution in [0, 0.1) is 0 Å². The minimum absolute atomic E-state index is 0.00821. The van der Waals surface area contributed by atoms with Gasteiger partial charge in [0.15, 0.2) is 5.75 Å². The van der Waals surface area contributed by atoms with E-state index in [9.17, 15) is 4.79 Å². The monoisotopic (exact) mass is 397 g/mol. The zero-order valence-corrected chi connectivity index (χ0v) is 17.7. The van der Waals surface area contributed by atoms with Gasteiger partial charge in [-0.3, -0.25) is 4.79 Å². The van der Waals surface area contributed by atoms with E-state index in [-0.39, 0.29) is 18.1 Å². The van der Waals surface area contributed by atoms with Crippen molar-refractivity contribution in [3.05, 3.63) is 48.0 Å². The summed E-state index contributed by atoms with van der Waals surface area (Å²) in [5.41, 5.74) is 8.51. The average molecular weight is 398 g/mol. The molecule has 1 heterocycles. The van der Waals surface area contributed by atoms with Gasteiger partial charge >= 0.3 is 0 Å². The largest absolute Gasteiger partial charge is 0.491 e. The van der Waals surface area contributed by atoms with Crippen molar-refractivity contribution in [1.82, 2.24) is 4.90 Å². The van der Waals surface area contributed by atoms with Crippen molar-refractivity contribution in [3.8, 4) is 11.5 Å². The quantitative estimate of drug-likeness (QED) is 0.751. The first-order chi connectivity index (χ1) is 13.8. The lowest BCUT2D eigenvalue weighted by Crippen LogP contribution is -2.49. The number of nitrogens with two attached hydrogens (primary N) is 1. The topological polar surface area (TPSA) is 68.0 Å².